The minimum atomic E-state index is -2.43. The quantitative estimate of drug-likeness (QED) is 0.251. The van der Waals surface area contributed by atoms with Crippen molar-refractivity contribution >= 4 is 43.7 Å². The lowest BCUT2D eigenvalue weighted by atomic mass is 9.79. The number of carbonyl (C=O) groups is 2. The van der Waals surface area contributed by atoms with Crippen LogP contribution in [0, 0.1) is 19.8 Å². The van der Waals surface area contributed by atoms with Crippen LogP contribution in [0.2, 0.25) is 0 Å². The molecule has 244 valence electrons. The highest BCUT2D eigenvalue weighted by atomic mass is 32.3. The Morgan fingerprint density at radius 2 is 1.62 bits per heavy atom. The first-order valence-corrected chi connectivity index (χ1v) is 19.3. The van der Waals surface area contributed by atoms with E-state index < -0.39 is 16.0 Å². The molecule has 3 atom stereocenters. The molecule has 0 spiro atoms. The van der Waals surface area contributed by atoms with Gasteiger partial charge in [0.2, 0.25) is 0 Å². The maximum absolute atomic E-state index is 14.6. The second-order valence-corrected chi connectivity index (χ2v) is 18.0. The van der Waals surface area contributed by atoms with Crippen LogP contribution in [0.15, 0.2) is 24.3 Å². The zero-order valence-corrected chi connectivity index (χ0v) is 28.9. The molecule has 6 heterocycles. The molecule has 1 aromatic carbocycles. The maximum atomic E-state index is 14.6. The lowest BCUT2D eigenvalue weighted by Crippen LogP contribution is -2.54. The van der Waals surface area contributed by atoms with Crippen molar-refractivity contribution in [2.75, 3.05) is 50.8 Å². The molecule has 4 aliphatic rings. The molecular formula is C35H48N4O4S2. The summed E-state index contributed by atoms with van der Waals surface area (Å²) >= 11 is 1.62. The number of aromatic nitrogens is 1. The van der Waals surface area contributed by atoms with Crippen molar-refractivity contribution in [1.82, 2.24) is 19.7 Å². The fraction of sp³-hybridized carbons (Fsp3) is 0.600. The Labute approximate surface area is 272 Å². The van der Waals surface area contributed by atoms with Gasteiger partial charge in [0.25, 0.3) is 0 Å². The number of fused-ring (bicyclic) bond motifs is 3. The van der Waals surface area contributed by atoms with E-state index in [2.05, 4.69) is 71.6 Å². The van der Waals surface area contributed by atoms with E-state index in [9.17, 15) is 18.7 Å². The van der Waals surface area contributed by atoms with Crippen molar-refractivity contribution in [2.24, 2.45) is 5.92 Å². The average Bonchev–Trinajstić information content (AvgIpc) is 3.82. The highest BCUT2D eigenvalue weighted by Gasteiger charge is 2.49. The lowest BCUT2D eigenvalue weighted by Gasteiger charge is -2.40. The van der Waals surface area contributed by atoms with Crippen LogP contribution in [-0.4, -0.2) is 109 Å². The molecule has 7 rings (SSSR count). The zero-order chi connectivity index (χ0) is 31.8. The van der Waals surface area contributed by atoms with E-state index in [1.165, 1.54) is 0 Å². The molecule has 4 fully saturated rings. The van der Waals surface area contributed by atoms with Crippen molar-refractivity contribution in [3.05, 3.63) is 45.8 Å². The number of thiophene rings is 1. The maximum Gasteiger partial charge on any atom is 0.182 e. The molecule has 3 unspecified atom stereocenters. The van der Waals surface area contributed by atoms with Gasteiger partial charge in [-0.15, -0.1) is 11.3 Å². The second kappa shape index (κ2) is 11.6. The van der Waals surface area contributed by atoms with Gasteiger partial charge in [-0.1, -0.05) is 17.2 Å². The summed E-state index contributed by atoms with van der Waals surface area (Å²) in [4.78, 5) is 41.3. The second-order valence-electron chi connectivity index (χ2n) is 14.6. The third-order valence-electron chi connectivity index (χ3n) is 11.2. The molecule has 45 heavy (non-hydrogen) atoms. The van der Waals surface area contributed by atoms with Gasteiger partial charge >= 0.3 is 0 Å². The molecule has 3 aromatic rings. The van der Waals surface area contributed by atoms with Crippen molar-refractivity contribution in [3.8, 4) is 11.3 Å². The van der Waals surface area contributed by atoms with Gasteiger partial charge in [-0.05, 0) is 96.7 Å². The first kappa shape index (κ1) is 31.5. The number of nitrogens with one attached hydrogen (secondary N) is 1. The molecule has 0 aliphatic carbocycles. The highest BCUT2D eigenvalue weighted by molar-refractivity contribution is 8.24. The zero-order valence-electron chi connectivity index (χ0n) is 27.3. The van der Waals surface area contributed by atoms with Crippen LogP contribution in [0.25, 0.3) is 21.5 Å². The number of hydrogen-bond donors (Lipinski definition) is 3. The number of H-pyrrole nitrogens is 1. The smallest absolute Gasteiger partial charge is 0.182 e. The van der Waals surface area contributed by atoms with E-state index in [0.29, 0.717) is 23.2 Å². The number of rotatable bonds is 8. The summed E-state index contributed by atoms with van der Waals surface area (Å²) in [5, 5.41) is 0.923. The van der Waals surface area contributed by atoms with E-state index in [1.807, 2.05) is 6.92 Å². The fourth-order valence-electron chi connectivity index (χ4n) is 8.51. The Balaban J connectivity index is 1.19. The van der Waals surface area contributed by atoms with Crippen LogP contribution >= 0.6 is 21.9 Å². The number of carbonyl (C=O) groups excluding carboxylic acids is 2. The van der Waals surface area contributed by atoms with Crippen molar-refractivity contribution < 1.29 is 18.7 Å². The molecule has 2 aromatic heterocycles. The Kier molecular flexibility index (Phi) is 8.12. The molecule has 0 amide bonds. The molecule has 4 saturated heterocycles. The normalized spacial score (nSPS) is 28.6. The van der Waals surface area contributed by atoms with Crippen molar-refractivity contribution in [2.45, 2.75) is 77.4 Å². The third-order valence-corrected chi connectivity index (χ3v) is 14.4. The van der Waals surface area contributed by atoms with E-state index in [4.69, 9.17) is 0 Å². The summed E-state index contributed by atoms with van der Waals surface area (Å²) in [7, 11) is -2.43. The van der Waals surface area contributed by atoms with Gasteiger partial charge in [0.15, 0.2) is 11.6 Å². The van der Waals surface area contributed by atoms with E-state index >= 15 is 0 Å². The Morgan fingerprint density at radius 3 is 2.20 bits per heavy atom. The van der Waals surface area contributed by atoms with Crippen LogP contribution in [-0.2, 0) is 10.2 Å². The molecule has 10 heteroatoms. The molecule has 3 N–H and O–H groups in total. The van der Waals surface area contributed by atoms with E-state index in [-0.39, 0.29) is 23.9 Å². The summed E-state index contributed by atoms with van der Waals surface area (Å²) in [6, 6.07) is 8.50. The van der Waals surface area contributed by atoms with E-state index in [0.717, 1.165) is 102 Å². The van der Waals surface area contributed by atoms with Gasteiger partial charge in [0.05, 0.1) is 34.5 Å². The summed E-state index contributed by atoms with van der Waals surface area (Å²) in [5.41, 5.74) is 4.29. The first-order chi connectivity index (χ1) is 21.3. The Hall–Kier alpha value is -2.05. The average molecular weight is 653 g/mol. The lowest BCUT2D eigenvalue weighted by molar-refractivity contribution is -0.127. The minimum Gasteiger partial charge on any atom is -0.346 e. The highest BCUT2D eigenvalue weighted by Crippen LogP contribution is 2.47. The van der Waals surface area contributed by atoms with Crippen LogP contribution < -0.4 is 0 Å². The molecule has 2 bridgehead atoms. The standard InChI is InChI=1S/C35H48N4O4S2/c1-21-16-22(2)18-25(17-21)30-29(32(40)23(3)37-11-13-38(14-12-37)26-8-15-45(42,43)20-26)27-19-28(44-34(27)36-30)35(4,5)33(41)31-24-6-9-39(31)10-7-24/h16-19,23-24,26,31,36,42-43H,6-15,20H2,1-5H3. The molecule has 8 nitrogen and oxygen atoms in total. The summed E-state index contributed by atoms with van der Waals surface area (Å²) in [6.45, 7) is 15.6. The SMILES string of the molecule is Cc1cc(C)cc(-c2[nH]c3sc(C(C)(C)C(=O)C4C5CCN4CC5)cc3c2C(=O)C(C)N2CCN(C3CCS(O)(O)C3)CC2)c1. The van der Waals surface area contributed by atoms with Gasteiger partial charge < -0.3 is 4.98 Å². The van der Waals surface area contributed by atoms with Crippen LogP contribution in [0.3, 0.4) is 0 Å². The summed E-state index contributed by atoms with van der Waals surface area (Å²) < 4.78 is 20.3. The van der Waals surface area contributed by atoms with Gasteiger partial charge in [-0.3, -0.25) is 33.4 Å². The predicted octanol–water partition coefficient (Wildman–Crippen LogP) is 6.17. The van der Waals surface area contributed by atoms with Gasteiger partial charge in [0, 0.05) is 48.2 Å². The number of hydrogen-bond acceptors (Lipinski definition) is 8. The molecule has 0 radical (unpaired) electrons. The largest absolute Gasteiger partial charge is 0.346 e. The number of Topliss-reactive ketones (excluding diaryl/α,β-unsaturated/α-hetero) is 2. The van der Waals surface area contributed by atoms with Gasteiger partial charge in [-0.25, -0.2) is 0 Å². The number of nitrogens with zero attached hydrogens (tertiary/aromatic N) is 3. The molecular weight excluding hydrogens is 605 g/mol. The van der Waals surface area contributed by atoms with Gasteiger partial charge in [0.1, 0.15) is 4.83 Å². The van der Waals surface area contributed by atoms with Crippen molar-refractivity contribution in [1.29, 1.82) is 0 Å². The number of ketones is 2. The number of benzene rings is 1. The summed E-state index contributed by atoms with van der Waals surface area (Å²) in [5.74, 6) is 1.86. The topological polar surface area (TPSA) is 100 Å². The summed E-state index contributed by atoms with van der Waals surface area (Å²) in [6.07, 6.45) is 3.07. The first-order valence-electron chi connectivity index (χ1n) is 16.6. The number of piperazine rings is 1. The number of aromatic amines is 1. The fourth-order valence-corrected chi connectivity index (χ4v) is 11.5. The van der Waals surface area contributed by atoms with Crippen LogP contribution in [0.1, 0.15) is 66.4 Å². The monoisotopic (exact) mass is 652 g/mol. The van der Waals surface area contributed by atoms with E-state index in [1.54, 1.807) is 11.3 Å². The minimum absolute atomic E-state index is 0.0166. The van der Waals surface area contributed by atoms with Crippen molar-refractivity contribution in [3.63, 3.8) is 0 Å². The molecule has 0 saturated carbocycles. The predicted molar refractivity (Wildman–Crippen MR) is 185 cm³/mol. The third kappa shape index (κ3) is 5.64. The number of aryl methyl sites for hydroxylation is 2. The Bertz CT molecular complexity index is 1600. The van der Waals surface area contributed by atoms with Crippen LogP contribution in [0.4, 0.5) is 0 Å². The Morgan fingerprint density at radius 1 is 0.956 bits per heavy atom. The number of piperidine rings is 1. The van der Waals surface area contributed by atoms with Gasteiger partial charge in [-0.2, -0.15) is 10.6 Å². The molecule has 4 aliphatic heterocycles. The van der Waals surface area contributed by atoms with Crippen LogP contribution in [0.5, 0.6) is 0 Å².